The van der Waals surface area contributed by atoms with Gasteiger partial charge in [0.2, 0.25) is 0 Å². The van der Waals surface area contributed by atoms with Crippen LogP contribution >= 0.6 is 12.2 Å². The van der Waals surface area contributed by atoms with Gasteiger partial charge in [0, 0.05) is 0 Å². The molecule has 0 heterocycles. The molecule has 0 radical (unpaired) electrons. The van der Waals surface area contributed by atoms with Crippen LogP contribution in [0.4, 0.5) is 0 Å². The van der Waals surface area contributed by atoms with Crippen LogP contribution in [-0.2, 0) is 13.5 Å². The van der Waals surface area contributed by atoms with E-state index in [4.69, 9.17) is 0 Å². The van der Waals surface area contributed by atoms with Crippen molar-refractivity contribution >= 4 is 31.2 Å². The Morgan fingerprint density at radius 3 is 1.67 bits per heavy atom. The van der Waals surface area contributed by atoms with Crippen molar-refractivity contribution < 1.29 is 29.6 Å². The fraction of sp³-hybridized carbons (Fsp3) is 0.800. The summed E-state index contributed by atoms with van der Waals surface area (Å²) in [4.78, 5) is 1.94. The molecule has 0 N–H and O–H groups in total. The summed E-state index contributed by atoms with van der Waals surface area (Å²) in [5, 5.41) is 0. The molecule has 0 aliphatic carbocycles. The monoisotopic (exact) mass is 172 g/mol. The number of thiol groups is 1. The Balaban J connectivity index is -0.000000180. The van der Waals surface area contributed by atoms with E-state index in [-0.39, 0.29) is 43.1 Å². The van der Waals surface area contributed by atoms with Gasteiger partial charge in [-0.15, -0.1) is 0 Å². The van der Waals surface area contributed by atoms with Crippen molar-refractivity contribution in [3.05, 3.63) is 0 Å². The van der Waals surface area contributed by atoms with E-state index in [1.54, 1.807) is 0 Å². The number of rotatable bonds is 3. The molecule has 4 heteroatoms. The molecule has 9 heavy (non-hydrogen) atoms. The zero-order valence-electron chi connectivity index (χ0n) is 6.22. The molecule has 0 aliphatic rings. The van der Waals surface area contributed by atoms with Gasteiger partial charge in [-0.3, -0.25) is 0 Å². The molecule has 0 aromatic rings. The van der Waals surface area contributed by atoms with E-state index >= 15 is 0 Å². The van der Waals surface area contributed by atoms with E-state index in [9.17, 15) is 0 Å². The Hall–Kier alpha value is 1.24. The quantitative estimate of drug-likeness (QED) is 0.120. The van der Waals surface area contributed by atoms with E-state index in [0.29, 0.717) is 0 Å². The maximum atomic E-state index is 4.55. The Morgan fingerprint density at radius 2 is 1.67 bits per heavy atom. The summed E-state index contributed by atoms with van der Waals surface area (Å²) in [6.07, 6.45) is 0. The van der Waals surface area contributed by atoms with Gasteiger partial charge in [0.1, 0.15) is 0 Å². The standard InChI is InChI=1S/C5H10NS.Na.H2S/c1-3-6(4-2)5-7;;/h3-4H2,1-2H3;;1H2/q-1;+1;/p-1. The van der Waals surface area contributed by atoms with E-state index in [1.807, 2.05) is 4.90 Å². The van der Waals surface area contributed by atoms with Crippen molar-refractivity contribution in [3.63, 3.8) is 0 Å². The minimum atomic E-state index is 0. The number of nitrogens with zero attached hydrogens (tertiary/aromatic N) is 1. The van der Waals surface area contributed by atoms with Gasteiger partial charge in [-0.25, -0.2) is 0 Å². The van der Waals surface area contributed by atoms with Crippen LogP contribution in [-0.4, -0.2) is 23.5 Å². The molecule has 50 valence electrons. The summed E-state index contributed by atoms with van der Waals surface area (Å²) < 4.78 is 0. The fourth-order valence-electron chi connectivity index (χ4n) is 0.353. The number of hydrogen-bond donors (Lipinski definition) is 0. The smallest absolute Gasteiger partial charge is 0.813 e. The molecule has 0 saturated heterocycles. The van der Waals surface area contributed by atoms with Crippen LogP contribution in [0, 0.1) is 0 Å². The average Bonchev–Trinajstić information content (AvgIpc) is 1.72. The van der Waals surface area contributed by atoms with Crippen LogP contribution in [0.5, 0.6) is 0 Å². The van der Waals surface area contributed by atoms with Gasteiger partial charge in [-0.1, -0.05) is 13.8 Å². The van der Waals surface area contributed by atoms with Gasteiger partial charge in [0.25, 0.3) is 0 Å². The SMILES string of the molecule is CCN([C-]=S)CC.[Na+].[SH-]. The molecule has 0 amide bonds. The molecule has 1 nitrogen and oxygen atoms in total. The van der Waals surface area contributed by atoms with Crippen molar-refractivity contribution in [1.29, 1.82) is 0 Å². The molecule has 0 atom stereocenters. The molecule has 0 aliphatic heterocycles. The summed E-state index contributed by atoms with van der Waals surface area (Å²) in [6.45, 7) is 6.06. The van der Waals surface area contributed by atoms with Gasteiger partial charge in [-0.2, -0.15) is 0 Å². The summed E-state index contributed by atoms with van der Waals surface area (Å²) in [5.74, 6) is 0. The van der Waals surface area contributed by atoms with Crippen molar-refractivity contribution in [1.82, 2.24) is 4.90 Å². The molecule has 0 aromatic carbocycles. The first kappa shape index (κ1) is 16.7. The van der Waals surface area contributed by atoms with Crippen molar-refractivity contribution in [2.75, 3.05) is 13.1 Å². The molecule has 0 saturated carbocycles. The summed E-state index contributed by atoms with van der Waals surface area (Å²) >= 11 is 4.55. The summed E-state index contributed by atoms with van der Waals surface area (Å²) in [5.41, 5.74) is 2.62. The average molecular weight is 172 g/mol. The Labute approximate surface area is 91.9 Å². The zero-order valence-corrected chi connectivity index (χ0v) is 9.93. The fourth-order valence-corrected chi connectivity index (χ4v) is 0.611. The van der Waals surface area contributed by atoms with Crippen molar-refractivity contribution in [2.45, 2.75) is 13.8 Å². The van der Waals surface area contributed by atoms with E-state index in [0.717, 1.165) is 13.1 Å². The molecule has 0 rings (SSSR count). The van der Waals surface area contributed by atoms with Crippen LogP contribution < -0.4 is 29.6 Å². The largest absolute Gasteiger partial charge is 1.00 e. The van der Waals surface area contributed by atoms with Crippen LogP contribution in [0.2, 0.25) is 0 Å². The summed E-state index contributed by atoms with van der Waals surface area (Å²) in [7, 11) is 0. The third kappa shape index (κ3) is 9.24. The second-order valence-corrected chi connectivity index (χ2v) is 1.45. The molecule has 0 unspecified atom stereocenters. The van der Waals surface area contributed by atoms with Gasteiger partial charge in [0.05, 0.1) is 0 Å². The molecular weight excluding hydrogens is 161 g/mol. The van der Waals surface area contributed by atoms with Crippen LogP contribution in [0.15, 0.2) is 0 Å². The normalized spacial score (nSPS) is 6.44. The van der Waals surface area contributed by atoms with Crippen LogP contribution in [0.3, 0.4) is 0 Å². The topological polar surface area (TPSA) is 3.24 Å². The second-order valence-electron chi connectivity index (χ2n) is 1.26. The zero-order chi connectivity index (χ0) is 5.70. The third-order valence-electron chi connectivity index (χ3n) is 0.893. The first-order valence-corrected chi connectivity index (χ1v) is 2.88. The number of hydrogen-bond acceptors (Lipinski definition) is 2. The summed E-state index contributed by atoms with van der Waals surface area (Å²) in [6, 6.07) is 0. The first-order chi connectivity index (χ1) is 3.35. The van der Waals surface area contributed by atoms with Gasteiger partial charge < -0.3 is 36.1 Å². The minimum Gasteiger partial charge on any atom is -0.813 e. The maximum absolute atomic E-state index is 4.55. The van der Waals surface area contributed by atoms with E-state index in [1.165, 1.54) is 0 Å². The van der Waals surface area contributed by atoms with E-state index < -0.39 is 0 Å². The minimum absolute atomic E-state index is 0. The number of thiocarbonyl (C=S) groups is 1. The Bertz CT molecular complexity index is 56.9. The van der Waals surface area contributed by atoms with Gasteiger partial charge >= 0.3 is 29.6 Å². The van der Waals surface area contributed by atoms with Gasteiger partial charge in [0.15, 0.2) is 0 Å². The van der Waals surface area contributed by atoms with Crippen LogP contribution in [0.25, 0.3) is 0 Å². The Morgan fingerprint density at radius 1 is 1.33 bits per heavy atom. The molecule has 0 aromatic heterocycles. The molecule has 0 bridgehead atoms. The third-order valence-corrected chi connectivity index (χ3v) is 1.15. The van der Waals surface area contributed by atoms with Crippen molar-refractivity contribution in [3.8, 4) is 0 Å². The maximum Gasteiger partial charge on any atom is 1.00 e. The Kier molecular flexibility index (Phi) is 22.2. The molecule has 0 fully saturated rings. The predicted molar refractivity (Wildman–Crippen MR) is 44.3 cm³/mol. The van der Waals surface area contributed by atoms with Crippen LogP contribution in [0.1, 0.15) is 13.8 Å². The molecular formula is C5H11NNaS2-. The van der Waals surface area contributed by atoms with E-state index in [2.05, 4.69) is 31.6 Å². The van der Waals surface area contributed by atoms with Crippen molar-refractivity contribution in [2.24, 2.45) is 0 Å². The van der Waals surface area contributed by atoms with Gasteiger partial charge in [-0.05, 0) is 13.1 Å². The first-order valence-electron chi connectivity index (χ1n) is 2.47. The predicted octanol–water partition coefficient (Wildman–Crippen LogP) is -2.10. The molecule has 0 spiro atoms. The second kappa shape index (κ2) is 12.0.